The maximum absolute atomic E-state index is 12.6. The number of methoxy groups -OCH3 is 1. The third-order valence-corrected chi connectivity index (χ3v) is 5.57. The molecule has 34 heavy (non-hydrogen) atoms. The molecule has 0 aliphatic rings. The van der Waals surface area contributed by atoms with E-state index in [1.54, 1.807) is 19.1 Å². The van der Waals surface area contributed by atoms with Crippen LogP contribution >= 0.6 is 0 Å². The van der Waals surface area contributed by atoms with Gasteiger partial charge in [-0.2, -0.15) is 0 Å². The van der Waals surface area contributed by atoms with Crippen LogP contribution in [0.5, 0.6) is 0 Å². The molecule has 1 amide bonds. The highest BCUT2D eigenvalue weighted by atomic mass is 16.5. The van der Waals surface area contributed by atoms with Gasteiger partial charge in [0.1, 0.15) is 5.82 Å². The average molecular weight is 462 g/mol. The number of hydrogen-bond acceptors (Lipinski definition) is 3. The van der Waals surface area contributed by atoms with E-state index in [0.29, 0.717) is 12.2 Å². The van der Waals surface area contributed by atoms with Gasteiger partial charge in [-0.05, 0) is 69.2 Å². The van der Waals surface area contributed by atoms with Crippen molar-refractivity contribution in [2.24, 2.45) is 0 Å². The molecule has 0 aliphatic heterocycles. The molecule has 5 heteroatoms. The molecule has 3 rings (SSSR count). The minimum absolute atomic E-state index is 0. The van der Waals surface area contributed by atoms with Crippen molar-refractivity contribution < 1.29 is 9.53 Å². The van der Waals surface area contributed by atoms with Gasteiger partial charge < -0.3 is 14.2 Å². The molecule has 5 nitrogen and oxygen atoms in total. The number of benzene rings is 2. The summed E-state index contributed by atoms with van der Waals surface area (Å²) in [7, 11) is 3.47. The maximum atomic E-state index is 12.6. The lowest BCUT2D eigenvalue weighted by molar-refractivity contribution is 0.0993. The number of ether oxygens (including phenoxy) is 1. The molecule has 0 fully saturated rings. The highest BCUT2D eigenvalue weighted by molar-refractivity contribution is 6.06. The monoisotopic (exact) mass is 461 g/mol. The first kappa shape index (κ1) is 28.6. The standard InChI is InChI=1S/C19H21N3O2.C9H14.CH4/c1-14-20-17-13-16(9-10-18(17)22(14)11-12-24-3)21(2)19(23)15-7-5-4-6-8-15;1-5-8(4)9(6-2)7-3;/h4-10,13H,11-12H2,1-3H3;5-7H,2H2,1,3-4H3;1H4/b;8-5+,9-7+;. The Bertz CT molecular complexity index is 1140. The SMILES string of the molecule is C.C=CC(=C\C)/C(C)=C/C.COCCn1c(C)nc2cc(N(C)C(=O)c3ccccc3)ccc21. The Balaban J connectivity index is 0.000000496. The fraction of sp³-hybridized carbons (Fsp3) is 0.310. The topological polar surface area (TPSA) is 47.4 Å². The van der Waals surface area contributed by atoms with Gasteiger partial charge in [-0.3, -0.25) is 4.79 Å². The number of rotatable bonds is 7. The molecule has 1 aromatic heterocycles. The first-order chi connectivity index (χ1) is 15.9. The van der Waals surface area contributed by atoms with Crippen LogP contribution in [-0.2, 0) is 11.3 Å². The van der Waals surface area contributed by atoms with Crippen LogP contribution in [0.3, 0.4) is 0 Å². The van der Waals surface area contributed by atoms with Crippen molar-refractivity contribution in [3.05, 3.63) is 95.9 Å². The number of carbonyl (C=O) groups is 1. The molecule has 0 spiro atoms. The summed E-state index contributed by atoms with van der Waals surface area (Å²) >= 11 is 0. The van der Waals surface area contributed by atoms with Crippen molar-refractivity contribution in [3.63, 3.8) is 0 Å². The number of aromatic nitrogens is 2. The van der Waals surface area contributed by atoms with E-state index in [9.17, 15) is 4.79 Å². The van der Waals surface area contributed by atoms with Crippen molar-refractivity contribution in [3.8, 4) is 0 Å². The number of carbonyl (C=O) groups excluding carboxylic acids is 1. The lowest BCUT2D eigenvalue weighted by Gasteiger charge is -2.17. The molecular weight excluding hydrogens is 422 g/mol. The fourth-order valence-corrected chi connectivity index (χ4v) is 3.48. The summed E-state index contributed by atoms with van der Waals surface area (Å²) in [6.45, 7) is 13.2. The molecule has 0 bridgehead atoms. The first-order valence-corrected chi connectivity index (χ1v) is 11.1. The molecule has 0 N–H and O–H groups in total. The van der Waals surface area contributed by atoms with Crippen molar-refractivity contribution in [1.82, 2.24) is 9.55 Å². The normalized spacial score (nSPS) is 11.4. The summed E-state index contributed by atoms with van der Waals surface area (Å²) in [5.41, 5.74) is 5.93. The summed E-state index contributed by atoms with van der Waals surface area (Å²) in [5, 5.41) is 0. The number of imidazole rings is 1. The second-order valence-electron chi connectivity index (χ2n) is 7.63. The zero-order valence-corrected chi connectivity index (χ0v) is 20.6. The third-order valence-electron chi connectivity index (χ3n) is 5.57. The summed E-state index contributed by atoms with van der Waals surface area (Å²) in [4.78, 5) is 18.8. The zero-order chi connectivity index (χ0) is 24.4. The predicted octanol–water partition coefficient (Wildman–Crippen LogP) is 6.99. The Kier molecular flexibility index (Phi) is 11.7. The number of aryl methyl sites for hydroxylation is 1. The lowest BCUT2D eigenvalue weighted by Crippen LogP contribution is -2.26. The van der Waals surface area contributed by atoms with Crippen LogP contribution in [0, 0.1) is 6.92 Å². The number of fused-ring (bicyclic) bond motifs is 1. The van der Waals surface area contributed by atoms with Gasteiger partial charge in [0.25, 0.3) is 5.91 Å². The van der Waals surface area contributed by atoms with Crippen LogP contribution in [0.4, 0.5) is 5.69 Å². The van der Waals surface area contributed by atoms with Crippen LogP contribution in [0.1, 0.15) is 44.4 Å². The summed E-state index contributed by atoms with van der Waals surface area (Å²) in [6.07, 6.45) is 6.01. The summed E-state index contributed by atoms with van der Waals surface area (Å²) in [5.74, 6) is 0.904. The van der Waals surface area contributed by atoms with Crippen LogP contribution in [0.15, 0.2) is 84.5 Å². The molecule has 0 atom stereocenters. The number of allylic oxidation sites excluding steroid dienone is 5. The van der Waals surface area contributed by atoms with Crippen molar-refractivity contribution in [2.75, 3.05) is 25.7 Å². The van der Waals surface area contributed by atoms with Gasteiger partial charge in [-0.25, -0.2) is 4.98 Å². The Morgan fingerprint density at radius 1 is 1.15 bits per heavy atom. The Labute approximate surface area is 205 Å². The molecule has 0 saturated heterocycles. The fourth-order valence-electron chi connectivity index (χ4n) is 3.48. The molecule has 0 saturated carbocycles. The number of hydrogen-bond donors (Lipinski definition) is 0. The van der Waals surface area contributed by atoms with E-state index in [1.807, 2.05) is 75.4 Å². The highest BCUT2D eigenvalue weighted by Gasteiger charge is 2.15. The van der Waals surface area contributed by atoms with E-state index in [0.717, 1.165) is 29.1 Å². The van der Waals surface area contributed by atoms with Gasteiger partial charge in [0, 0.05) is 32.0 Å². The van der Waals surface area contributed by atoms with Gasteiger partial charge in [-0.15, -0.1) is 0 Å². The molecular formula is C29H39N3O2. The van der Waals surface area contributed by atoms with E-state index in [1.165, 1.54) is 11.1 Å². The number of anilines is 1. The van der Waals surface area contributed by atoms with Gasteiger partial charge in [0.05, 0.1) is 17.6 Å². The molecule has 0 unspecified atom stereocenters. The van der Waals surface area contributed by atoms with Gasteiger partial charge in [0.15, 0.2) is 0 Å². The second kappa shape index (κ2) is 14.0. The average Bonchev–Trinajstić information content (AvgIpc) is 3.17. The Hall–Kier alpha value is -3.44. The Morgan fingerprint density at radius 3 is 2.35 bits per heavy atom. The van der Waals surface area contributed by atoms with Gasteiger partial charge >= 0.3 is 0 Å². The first-order valence-electron chi connectivity index (χ1n) is 11.1. The summed E-state index contributed by atoms with van der Waals surface area (Å²) in [6, 6.07) is 15.2. The van der Waals surface area contributed by atoms with Crippen molar-refractivity contribution in [2.45, 2.75) is 41.7 Å². The molecule has 0 radical (unpaired) electrons. The van der Waals surface area contributed by atoms with E-state index in [-0.39, 0.29) is 13.3 Å². The van der Waals surface area contributed by atoms with Crippen molar-refractivity contribution >= 4 is 22.6 Å². The van der Waals surface area contributed by atoms with E-state index >= 15 is 0 Å². The maximum Gasteiger partial charge on any atom is 0.258 e. The Morgan fingerprint density at radius 2 is 1.82 bits per heavy atom. The molecule has 182 valence electrons. The van der Waals surface area contributed by atoms with Gasteiger partial charge in [0.2, 0.25) is 0 Å². The minimum Gasteiger partial charge on any atom is -0.383 e. The predicted molar refractivity (Wildman–Crippen MR) is 146 cm³/mol. The quantitative estimate of drug-likeness (QED) is 0.356. The number of amides is 1. The molecule has 2 aromatic carbocycles. The molecule has 0 aliphatic carbocycles. The molecule has 1 heterocycles. The third kappa shape index (κ3) is 7.03. The number of nitrogens with zero attached hydrogens (tertiary/aromatic N) is 3. The smallest absolute Gasteiger partial charge is 0.258 e. The molecule has 3 aromatic rings. The van der Waals surface area contributed by atoms with Crippen LogP contribution in [0.25, 0.3) is 11.0 Å². The van der Waals surface area contributed by atoms with Crippen molar-refractivity contribution in [1.29, 1.82) is 0 Å². The van der Waals surface area contributed by atoms with Crippen LogP contribution in [0.2, 0.25) is 0 Å². The zero-order valence-electron chi connectivity index (χ0n) is 20.6. The van der Waals surface area contributed by atoms with E-state index < -0.39 is 0 Å². The van der Waals surface area contributed by atoms with E-state index in [4.69, 9.17) is 4.74 Å². The second-order valence-corrected chi connectivity index (χ2v) is 7.63. The van der Waals surface area contributed by atoms with Gasteiger partial charge in [-0.1, -0.05) is 50.4 Å². The minimum atomic E-state index is -0.0366. The van der Waals surface area contributed by atoms with Crippen LogP contribution < -0.4 is 4.90 Å². The summed E-state index contributed by atoms with van der Waals surface area (Å²) < 4.78 is 7.29. The largest absolute Gasteiger partial charge is 0.383 e. The van der Waals surface area contributed by atoms with Crippen LogP contribution in [-0.4, -0.2) is 36.2 Å². The highest BCUT2D eigenvalue weighted by Crippen LogP contribution is 2.23. The van der Waals surface area contributed by atoms with E-state index in [2.05, 4.69) is 35.2 Å². The lowest BCUT2D eigenvalue weighted by atomic mass is 10.1.